The molecule has 0 atom stereocenters. The lowest BCUT2D eigenvalue weighted by molar-refractivity contribution is 0.217. The van der Waals surface area contributed by atoms with Crippen LogP contribution in [0.1, 0.15) is 5.56 Å². The zero-order valence-electron chi connectivity index (χ0n) is 20.8. The van der Waals surface area contributed by atoms with Crippen LogP contribution in [0.3, 0.4) is 0 Å². The van der Waals surface area contributed by atoms with Gasteiger partial charge in [0.25, 0.3) is 0 Å². The van der Waals surface area contributed by atoms with Crippen LogP contribution < -0.4 is 5.32 Å². The number of pyridine rings is 2. The monoisotopic (exact) mass is 505 g/mol. The number of hydrogen-bond acceptors (Lipinski definition) is 4. The summed E-state index contributed by atoms with van der Waals surface area (Å²) in [6.45, 7) is 0.371. The molecule has 6 aromatic rings. The first-order valence-corrected chi connectivity index (χ1v) is 12.1. The van der Waals surface area contributed by atoms with E-state index < -0.39 is 0 Å². The Labute approximate surface area is 217 Å². The van der Waals surface area contributed by atoms with E-state index in [1.807, 2.05) is 30.3 Å². The fourth-order valence-corrected chi connectivity index (χ4v) is 4.51. The number of carbonyl (C=O) groups excluding carboxylic acids is 1. The Hall–Kier alpha value is -5.05. The van der Waals surface area contributed by atoms with Crippen LogP contribution in [0.2, 0.25) is 0 Å². The van der Waals surface area contributed by atoms with Gasteiger partial charge >= 0.3 is 6.03 Å². The second-order valence-electron chi connectivity index (χ2n) is 9.29. The predicted molar refractivity (Wildman–Crippen MR) is 146 cm³/mol. The van der Waals surface area contributed by atoms with Gasteiger partial charge in [-0.2, -0.15) is 5.10 Å². The summed E-state index contributed by atoms with van der Waals surface area (Å²) >= 11 is 0. The lowest BCUT2D eigenvalue weighted by atomic mass is 10.0. The van der Waals surface area contributed by atoms with E-state index in [1.54, 1.807) is 44.8 Å². The number of amides is 2. The molecule has 2 aromatic carbocycles. The summed E-state index contributed by atoms with van der Waals surface area (Å²) < 4.78 is 13.5. The molecule has 0 spiro atoms. The molecule has 188 valence electrons. The molecule has 0 saturated carbocycles. The fraction of sp³-hybridized carbons (Fsp3) is 0.103. The molecule has 0 unspecified atom stereocenters. The number of fused-ring (bicyclic) bond motifs is 2. The highest BCUT2D eigenvalue weighted by Crippen LogP contribution is 2.34. The van der Waals surface area contributed by atoms with Crippen LogP contribution in [0, 0.1) is 5.82 Å². The van der Waals surface area contributed by atoms with E-state index in [0.717, 1.165) is 55.5 Å². The van der Waals surface area contributed by atoms with Crippen LogP contribution in [0.5, 0.6) is 0 Å². The van der Waals surface area contributed by atoms with E-state index >= 15 is 0 Å². The molecular formula is C29H24FN7O. The van der Waals surface area contributed by atoms with Crippen LogP contribution in [0.4, 0.5) is 9.18 Å². The van der Waals surface area contributed by atoms with Crippen molar-refractivity contribution in [2.75, 3.05) is 14.1 Å². The molecule has 6 rings (SSSR count). The molecule has 2 amide bonds. The van der Waals surface area contributed by atoms with Gasteiger partial charge in [0.05, 0.1) is 11.4 Å². The number of aromatic nitrogens is 5. The Balaban J connectivity index is 1.37. The number of benzene rings is 2. The van der Waals surface area contributed by atoms with Crippen molar-refractivity contribution in [3.8, 4) is 33.6 Å². The number of nitrogens with one attached hydrogen (secondary N) is 3. The summed E-state index contributed by atoms with van der Waals surface area (Å²) in [5.41, 5.74) is 7.86. The minimum absolute atomic E-state index is 0.164. The third-order valence-electron chi connectivity index (χ3n) is 6.48. The second-order valence-corrected chi connectivity index (χ2v) is 9.29. The van der Waals surface area contributed by atoms with Gasteiger partial charge in [0.1, 0.15) is 5.82 Å². The van der Waals surface area contributed by atoms with E-state index in [1.165, 1.54) is 17.0 Å². The number of hydrogen-bond donors (Lipinski definition) is 3. The normalized spacial score (nSPS) is 11.2. The van der Waals surface area contributed by atoms with Crippen LogP contribution in [-0.4, -0.2) is 50.2 Å². The third kappa shape index (κ3) is 4.34. The molecule has 0 saturated heterocycles. The molecule has 9 heteroatoms. The Morgan fingerprint density at radius 1 is 0.947 bits per heavy atom. The number of carbonyl (C=O) groups is 1. The number of halogens is 1. The molecule has 3 N–H and O–H groups in total. The van der Waals surface area contributed by atoms with E-state index in [9.17, 15) is 9.18 Å². The van der Waals surface area contributed by atoms with Gasteiger partial charge < -0.3 is 15.2 Å². The summed E-state index contributed by atoms with van der Waals surface area (Å²) in [6, 6.07) is 18.5. The van der Waals surface area contributed by atoms with Crippen LogP contribution in [0.25, 0.3) is 55.6 Å². The maximum Gasteiger partial charge on any atom is 0.317 e. The third-order valence-corrected chi connectivity index (χ3v) is 6.48. The average Bonchev–Trinajstić information content (AvgIpc) is 3.56. The smallest absolute Gasteiger partial charge is 0.317 e. The van der Waals surface area contributed by atoms with Crippen molar-refractivity contribution in [2.45, 2.75) is 6.54 Å². The number of aromatic amines is 2. The lowest BCUT2D eigenvalue weighted by Crippen LogP contribution is -2.33. The molecule has 4 heterocycles. The van der Waals surface area contributed by atoms with Gasteiger partial charge in [-0.1, -0.05) is 24.3 Å². The van der Waals surface area contributed by atoms with Gasteiger partial charge in [-0.3, -0.25) is 10.1 Å². The summed E-state index contributed by atoms with van der Waals surface area (Å²) in [5, 5.41) is 12.3. The van der Waals surface area contributed by atoms with E-state index in [-0.39, 0.29) is 11.8 Å². The van der Waals surface area contributed by atoms with Gasteiger partial charge in [0.2, 0.25) is 0 Å². The van der Waals surface area contributed by atoms with Gasteiger partial charge in [0, 0.05) is 66.6 Å². The zero-order chi connectivity index (χ0) is 26.2. The van der Waals surface area contributed by atoms with E-state index in [2.05, 4.69) is 36.5 Å². The van der Waals surface area contributed by atoms with Crippen LogP contribution >= 0.6 is 0 Å². The maximum atomic E-state index is 13.5. The summed E-state index contributed by atoms with van der Waals surface area (Å²) in [4.78, 5) is 25.8. The summed E-state index contributed by atoms with van der Waals surface area (Å²) in [7, 11) is 3.40. The summed E-state index contributed by atoms with van der Waals surface area (Å²) in [6.07, 6.45) is 5.28. The molecule has 0 aliphatic heterocycles. The van der Waals surface area contributed by atoms with Crippen molar-refractivity contribution >= 4 is 28.0 Å². The molecule has 38 heavy (non-hydrogen) atoms. The number of urea groups is 1. The quantitative estimate of drug-likeness (QED) is 0.278. The topological polar surface area (TPSA) is 103 Å². The van der Waals surface area contributed by atoms with Crippen molar-refractivity contribution < 1.29 is 9.18 Å². The lowest BCUT2D eigenvalue weighted by Gasteiger charge is -2.12. The van der Waals surface area contributed by atoms with Gasteiger partial charge in [-0.25, -0.2) is 14.2 Å². The Kier molecular flexibility index (Phi) is 5.80. The minimum atomic E-state index is -0.262. The van der Waals surface area contributed by atoms with Gasteiger partial charge in [-0.15, -0.1) is 0 Å². The standard InChI is InChI=1S/C29H24FN7O/c1-37(2)29(38)33-14-17-10-19(15-31-13-17)20-11-24-27(35-36-28(24)32-16-20)26-12-23-22(4-3-5-25(23)34-26)18-6-8-21(30)9-7-18/h3-13,15-16,34H,14H2,1-2H3,(H,33,38)(H,32,35,36). The van der Waals surface area contributed by atoms with Crippen molar-refractivity contribution in [1.82, 2.24) is 35.4 Å². The Morgan fingerprint density at radius 3 is 2.58 bits per heavy atom. The number of rotatable bonds is 5. The molecule has 0 fully saturated rings. The molecule has 0 aliphatic carbocycles. The molecule has 0 aliphatic rings. The SMILES string of the molecule is CN(C)C(=O)NCc1cncc(-c2cnc3n[nH]c(-c4cc5c(-c6ccc(F)cc6)cccc5[nH]4)c3c2)c1. The fourth-order valence-electron chi connectivity index (χ4n) is 4.51. The first-order chi connectivity index (χ1) is 18.5. The Bertz CT molecular complexity index is 1790. The molecular weight excluding hydrogens is 481 g/mol. The van der Waals surface area contributed by atoms with Crippen LogP contribution in [0.15, 0.2) is 79.3 Å². The average molecular weight is 506 g/mol. The first-order valence-electron chi connectivity index (χ1n) is 12.1. The number of H-pyrrole nitrogens is 2. The van der Waals surface area contributed by atoms with Crippen molar-refractivity contribution in [1.29, 1.82) is 0 Å². The van der Waals surface area contributed by atoms with Crippen molar-refractivity contribution in [3.05, 3.63) is 90.6 Å². The number of nitrogens with zero attached hydrogens (tertiary/aromatic N) is 4. The highest BCUT2D eigenvalue weighted by Gasteiger charge is 2.15. The van der Waals surface area contributed by atoms with Crippen LogP contribution in [-0.2, 0) is 6.54 Å². The first kappa shape index (κ1) is 23.4. The molecule has 4 aromatic heterocycles. The Morgan fingerprint density at radius 2 is 1.76 bits per heavy atom. The molecule has 8 nitrogen and oxygen atoms in total. The van der Waals surface area contributed by atoms with Gasteiger partial charge in [-0.05, 0) is 53.1 Å². The zero-order valence-corrected chi connectivity index (χ0v) is 20.8. The molecule has 0 radical (unpaired) electrons. The maximum absolute atomic E-state index is 13.5. The molecule has 0 bridgehead atoms. The van der Waals surface area contributed by atoms with Gasteiger partial charge in [0.15, 0.2) is 5.65 Å². The minimum Gasteiger partial charge on any atom is -0.353 e. The summed E-state index contributed by atoms with van der Waals surface area (Å²) in [5.74, 6) is -0.262. The predicted octanol–water partition coefficient (Wildman–Crippen LogP) is 5.75. The largest absolute Gasteiger partial charge is 0.353 e. The highest BCUT2D eigenvalue weighted by molar-refractivity contribution is 6.01. The van der Waals surface area contributed by atoms with E-state index in [4.69, 9.17) is 0 Å². The van der Waals surface area contributed by atoms with E-state index in [0.29, 0.717) is 12.2 Å². The second kappa shape index (κ2) is 9.44. The van der Waals surface area contributed by atoms with Crippen molar-refractivity contribution in [2.24, 2.45) is 0 Å². The van der Waals surface area contributed by atoms with Crippen molar-refractivity contribution in [3.63, 3.8) is 0 Å². The highest BCUT2D eigenvalue weighted by atomic mass is 19.1.